The summed E-state index contributed by atoms with van der Waals surface area (Å²) in [5.41, 5.74) is 2.13. The number of piperazine rings is 1. The average molecular weight is 347 g/mol. The molecule has 2 heterocycles. The number of rotatable bonds is 4. The molecule has 1 aromatic heterocycles. The number of nitro groups is 1. The van der Waals surface area contributed by atoms with Gasteiger partial charge in [0.15, 0.2) is 0 Å². The predicted molar refractivity (Wildman–Crippen MR) is 94.6 cm³/mol. The van der Waals surface area contributed by atoms with E-state index < -0.39 is 4.92 Å². The Morgan fingerprint density at radius 2 is 1.88 bits per heavy atom. The normalized spacial score (nSPS) is 15.5. The fourth-order valence-corrected chi connectivity index (χ4v) is 3.08. The molecule has 0 aliphatic carbocycles. The van der Waals surface area contributed by atoms with Gasteiger partial charge in [0.25, 0.3) is 5.69 Å². The molecule has 0 N–H and O–H groups in total. The fraction of sp³-hybridized carbons (Fsp3) is 0.353. The van der Waals surface area contributed by atoms with Gasteiger partial charge in [0, 0.05) is 43.8 Å². The molecule has 0 radical (unpaired) electrons. The highest BCUT2D eigenvalue weighted by Crippen LogP contribution is 2.23. The number of hydrogen-bond acceptors (Lipinski definition) is 5. The number of anilines is 1. The van der Waals surface area contributed by atoms with Crippen LogP contribution in [0.4, 0.5) is 11.5 Å². The molecule has 0 bridgehead atoms. The van der Waals surface area contributed by atoms with Crippen molar-refractivity contribution in [2.24, 2.45) is 0 Å². The Kier molecular flexibility index (Phi) is 4.97. The average Bonchev–Trinajstić information content (AvgIpc) is 2.58. The summed E-state index contributed by atoms with van der Waals surface area (Å²) in [4.78, 5) is 19.3. The lowest BCUT2D eigenvalue weighted by Gasteiger charge is -2.36. The number of aromatic nitrogens is 1. The van der Waals surface area contributed by atoms with Crippen molar-refractivity contribution in [1.29, 1.82) is 0 Å². The minimum Gasteiger partial charge on any atom is -0.354 e. The van der Waals surface area contributed by atoms with Gasteiger partial charge >= 0.3 is 0 Å². The number of benzene rings is 1. The van der Waals surface area contributed by atoms with E-state index in [0.29, 0.717) is 0 Å². The van der Waals surface area contributed by atoms with Crippen molar-refractivity contribution in [3.8, 4) is 0 Å². The van der Waals surface area contributed by atoms with E-state index in [-0.39, 0.29) is 5.69 Å². The van der Waals surface area contributed by atoms with E-state index in [1.54, 1.807) is 6.07 Å². The summed E-state index contributed by atoms with van der Waals surface area (Å²) in [6, 6.07) is 9.52. The van der Waals surface area contributed by atoms with Crippen LogP contribution in [0.2, 0.25) is 5.02 Å². The lowest BCUT2D eigenvalue weighted by Crippen LogP contribution is -2.46. The van der Waals surface area contributed by atoms with Crippen molar-refractivity contribution in [3.63, 3.8) is 0 Å². The van der Waals surface area contributed by atoms with Crippen molar-refractivity contribution in [1.82, 2.24) is 9.88 Å². The van der Waals surface area contributed by atoms with Crippen molar-refractivity contribution in [2.45, 2.75) is 13.5 Å². The van der Waals surface area contributed by atoms with Crippen LogP contribution in [0.25, 0.3) is 0 Å². The van der Waals surface area contributed by atoms with Crippen LogP contribution >= 0.6 is 11.6 Å². The molecule has 1 aliphatic heterocycles. The molecule has 0 unspecified atom stereocenters. The Bertz CT molecular complexity index is 728. The first kappa shape index (κ1) is 16.7. The molecule has 1 fully saturated rings. The third kappa shape index (κ3) is 3.83. The molecule has 1 aromatic carbocycles. The minimum atomic E-state index is -0.409. The zero-order valence-electron chi connectivity index (χ0n) is 13.5. The maximum atomic E-state index is 10.8. The smallest absolute Gasteiger partial charge is 0.287 e. The quantitative estimate of drug-likeness (QED) is 0.628. The highest BCUT2D eigenvalue weighted by Gasteiger charge is 2.20. The molecule has 2 aromatic rings. The molecule has 6 nitrogen and oxygen atoms in total. The standard InChI is InChI=1S/C17H19ClN4O2/c1-13-10-16(22(23)24)11-19-17(13)21-8-6-20(7-9-21)12-14-2-4-15(18)5-3-14/h2-5,10-11H,6-9,12H2,1H3. The molecular formula is C17H19ClN4O2. The van der Waals surface area contributed by atoms with E-state index in [1.807, 2.05) is 19.1 Å². The maximum Gasteiger partial charge on any atom is 0.287 e. The van der Waals surface area contributed by atoms with Gasteiger partial charge in [-0.1, -0.05) is 23.7 Å². The highest BCUT2D eigenvalue weighted by molar-refractivity contribution is 6.30. The summed E-state index contributed by atoms with van der Waals surface area (Å²) < 4.78 is 0. The van der Waals surface area contributed by atoms with Crippen molar-refractivity contribution in [3.05, 3.63) is 62.8 Å². The molecule has 7 heteroatoms. The second kappa shape index (κ2) is 7.15. The fourth-order valence-electron chi connectivity index (χ4n) is 2.95. The van der Waals surface area contributed by atoms with Gasteiger partial charge in [0.2, 0.25) is 0 Å². The van der Waals surface area contributed by atoms with Crippen LogP contribution in [-0.2, 0) is 6.54 Å². The van der Waals surface area contributed by atoms with Crippen LogP contribution in [0.5, 0.6) is 0 Å². The molecule has 0 saturated carbocycles. The first-order chi connectivity index (χ1) is 11.5. The Labute approximate surface area is 145 Å². The van der Waals surface area contributed by atoms with E-state index in [4.69, 9.17) is 11.6 Å². The number of hydrogen-bond donors (Lipinski definition) is 0. The second-order valence-electron chi connectivity index (χ2n) is 5.98. The summed E-state index contributed by atoms with van der Waals surface area (Å²) >= 11 is 5.92. The largest absolute Gasteiger partial charge is 0.354 e. The Morgan fingerprint density at radius 1 is 1.21 bits per heavy atom. The number of nitrogens with zero attached hydrogens (tertiary/aromatic N) is 4. The first-order valence-electron chi connectivity index (χ1n) is 7.86. The molecule has 126 valence electrons. The summed E-state index contributed by atoms with van der Waals surface area (Å²) in [5.74, 6) is 0.840. The minimum absolute atomic E-state index is 0.0395. The first-order valence-corrected chi connectivity index (χ1v) is 8.23. The van der Waals surface area contributed by atoms with Crippen LogP contribution in [0.1, 0.15) is 11.1 Å². The van der Waals surface area contributed by atoms with Crippen LogP contribution in [0, 0.1) is 17.0 Å². The Balaban J connectivity index is 1.60. The number of aryl methyl sites for hydroxylation is 1. The topological polar surface area (TPSA) is 62.5 Å². The van der Waals surface area contributed by atoms with E-state index in [2.05, 4.69) is 26.9 Å². The third-order valence-corrected chi connectivity index (χ3v) is 4.49. The van der Waals surface area contributed by atoms with E-state index in [9.17, 15) is 10.1 Å². The lowest BCUT2D eigenvalue weighted by molar-refractivity contribution is -0.385. The SMILES string of the molecule is Cc1cc([N+](=O)[O-])cnc1N1CCN(Cc2ccc(Cl)cc2)CC1. The molecular weight excluding hydrogens is 328 g/mol. The molecule has 24 heavy (non-hydrogen) atoms. The van der Waals surface area contributed by atoms with E-state index in [1.165, 1.54) is 11.8 Å². The Morgan fingerprint density at radius 3 is 2.46 bits per heavy atom. The van der Waals surface area contributed by atoms with Crippen LogP contribution in [0.15, 0.2) is 36.5 Å². The van der Waals surface area contributed by atoms with Gasteiger partial charge in [0.1, 0.15) is 12.0 Å². The summed E-state index contributed by atoms with van der Waals surface area (Å²) in [7, 11) is 0. The Hall–Kier alpha value is -2.18. The van der Waals surface area contributed by atoms with Crippen molar-refractivity contribution < 1.29 is 4.92 Å². The van der Waals surface area contributed by atoms with Crippen molar-refractivity contribution >= 4 is 23.1 Å². The zero-order chi connectivity index (χ0) is 17.1. The van der Waals surface area contributed by atoms with Gasteiger partial charge in [0.05, 0.1) is 4.92 Å². The maximum absolute atomic E-state index is 10.8. The summed E-state index contributed by atoms with van der Waals surface area (Å²) in [6.07, 6.45) is 1.34. The highest BCUT2D eigenvalue weighted by atomic mass is 35.5. The van der Waals surface area contributed by atoms with Crippen LogP contribution in [0.3, 0.4) is 0 Å². The molecule has 0 atom stereocenters. The number of pyridine rings is 1. The van der Waals surface area contributed by atoms with E-state index >= 15 is 0 Å². The van der Waals surface area contributed by atoms with Crippen molar-refractivity contribution in [2.75, 3.05) is 31.1 Å². The van der Waals surface area contributed by atoms with Crippen LogP contribution < -0.4 is 4.90 Å². The van der Waals surface area contributed by atoms with Gasteiger partial charge in [-0.3, -0.25) is 15.0 Å². The third-order valence-electron chi connectivity index (χ3n) is 4.24. The second-order valence-corrected chi connectivity index (χ2v) is 6.42. The molecule has 1 saturated heterocycles. The molecule has 0 spiro atoms. The monoisotopic (exact) mass is 346 g/mol. The van der Waals surface area contributed by atoms with Gasteiger partial charge < -0.3 is 4.90 Å². The van der Waals surface area contributed by atoms with Gasteiger partial charge in [-0.2, -0.15) is 0 Å². The lowest BCUT2D eigenvalue weighted by atomic mass is 10.2. The molecule has 3 rings (SSSR count). The summed E-state index contributed by atoms with van der Waals surface area (Å²) in [5, 5.41) is 11.6. The molecule has 0 amide bonds. The van der Waals surface area contributed by atoms with Gasteiger partial charge in [-0.15, -0.1) is 0 Å². The molecule has 1 aliphatic rings. The van der Waals surface area contributed by atoms with E-state index in [0.717, 1.165) is 49.1 Å². The summed E-state index contributed by atoms with van der Waals surface area (Å²) in [6.45, 7) is 6.35. The number of halogens is 1. The zero-order valence-corrected chi connectivity index (χ0v) is 14.2. The van der Waals surface area contributed by atoms with Crippen LogP contribution in [-0.4, -0.2) is 41.0 Å². The van der Waals surface area contributed by atoms with Gasteiger partial charge in [-0.25, -0.2) is 4.98 Å². The predicted octanol–water partition coefficient (Wildman–Crippen LogP) is 3.27. The van der Waals surface area contributed by atoms with Gasteiger partial charge in [-0.05, 0) is 30.2 Å².